The molecule has 0 spiro atoms. The number of methoxy groups -OCH3 is 1. The third kappa shape index (κ3) is 3.47. The van der Waals surface area contributed by atoms with Gasteiger partial charge in [-0.1, -0.05) is 6.07 Å². The molecule has 8 nitrogen and oxygen atoms in total. The minimum Gasteiger partial charge on any atom is -0.465 e. The van der Waals surface area contributed by atoms with E-state index in [1.54, 1.807) is 6.92 Å². The number of nitrogens with one attached hydrogen (secondary N) is 2. The number of carbonyl (C=O) groups is 1. The molecule has 3 heterocycles. The fraction of sp³-hybridized carbons (Fsp3) is 0.350. The maximum Gasteiger partial charge on any atom is 0.348 e. The molecule has 0 radical (unpaired) electrons. The van der Waals surface area contributed by atoms with Crippen LogP contribution >= 0.6 is 11.3 Å². The lowest BCUT2D eigenvalue weighted by molar-refractivity contribution is 0.0605. The number of aromatic amines is 1. The Kier molecular flexibility index (Phi) is 4.79. The maximum atomic E-state index is 12.6. The first-order valence-electron chi connectivity index (χ1n) is 9.06. The van der Waals surface area contributed by atoms with Gasteiger partial charge in [0.1, 0.15) is 15.5 Å². The van der Waals surface area contributed by atoms with Crippen molar-refractivity contribution in [2.75, 3.05) is 13.9 Å². The summed E-state index contributed by atoms with van der Waals surface area (Å²) < 4.78 is 15.6. The van der Waals surface area contributed by atoms with Gasteiger partial charge in [-0.3, -0.25) is 4.79 Å². The number of hydrogen-bond acceptors (Lipinski definition) is 8. The van der Waals surface area contributed by atoms with Crippen molar-refractivity contribution in [3.8, 4) is 11.5 Å². The summed E-state index contributed by atoms with van der Waals surface area (Å²) in [5.74, 6) is 1.48. The van der Waals surface area contributed by atoms with Crippen LogP contribution in [0.1, 0.15) is 40.5 Å². The first-order valence-corrected chi connectivity index (χ1v) is 9.87. The second kappa shape index (κ2) is 7.16. The number of esters is 1. The van der Waals surface area contributed by atoms with E-state index in [1.807, 2.05) is 32.0 Å². The first-order chi connectivity index (χ1) is 13.8. The largest absolute Gasteiger partial charge is 0.465 e. The molecule has 0 amide bonds. The van der Waals surface area contributed by atoms with E-state index in [1.165, 1.54) is 7.11 Å². The predicted octanol–water partition coefficient (Wildman–Crippen LogP) is 2.83. The van der Waals surface area contributed by atoms with Gasteiger partial charge in [-0.2, -0.15) is 0 Å². The number of carbonyl (C=O) groups excluding carboxylic acids is 1. The van der Waals surface area contributed by atoms with Crippen molar-refractivity contribution < 1.29 is 19.0 Å². The van der Waals surface area contributed by atoms with E-state index in [4.69, 9.17) is 14.2 Å². The highest BCUT2D eigenvalue weighted by Crippen LogP contribution is 2.35. The van der Waals surface area contributed by atoms with E-state index in [0.717, 1.165) is 28.4 Å². The number of H-pyrrole nitrogens is 1. The van der Waals surface area contributed by atoms with Gasteiger partial charge in [0.2, 0.25) is 6.79 Å². The molecule has 9 heteroatoms. The van der Waals surface area contributed by atoms with Crippen LogP contribution in [0.15, 0.2) is 23.0 Å². The number of hydrogen-bond donors (Lipinski definition) is 2. The topological polar surface area (TPSA) is 103 Å². The molecule has 0 saturated carbocycles. The van der Waals surface area contributed by atoms with Crippen LogP contribution in [0.2, 0.25) is 0 Å². The van der Waals surface area contributed by atoms with Gasteiger partial charge in [0.25, 0.3) is 5.56 Å². The number of benzene rings is 1. The molecule has 0 fully saturated rings. The van der Waals surface area contributed by atoms with Crippen LogP contribution in [0.25, 0.3) is 10.2 Å². The molecule has 0 atom stereocenters. The third-order valence-corrected chi connectivity index (χ3v) is 6.18. The van der Waals surface area contributed by atoms with Gasteiger partial charge in [0, 0.05) is 5.54 Å². The minimum absolute atomic E-state index is 0.228. The molecule has 29 heavy (non-hydrogen) atoms. The van der Waals surface area contributed by atoms with Crippen LogP contribution in [0.5, 0.6) is 11.5 Å². The molecule has 2 N–H and O–H groups in total. The SMILES string of the molecule is COC(=O)c1sc2nc(CNC(C)(C)c3ccc4c(c3)OCO4)[nH]c(=O)c2c1C. The van der Waals surface area contributed by atoms with E-state index in [9.17, 15) is 9.59 Å². The molecule has 2 aromatic heterocycles. The van der Waals surface area contributed by atoms with Crippen molar-refractivity contribution in [1.82, 2.24) is 15.3 Å². The molecular weight excluding hydrogens is 394 g/mol. The quantitative estimate of drug-likeness (QED) is 0.618. The van der Waals surface area contributed by atoms with Crippen molar-refractivity contribution >= 4 is 27.5 Å². The number of nitrogens with zero attached hydrogens (tertiary/aromatic N) is 1. The Bertz CT molecular complexity index is 1160. The first kappa shape index (κ1) is 19.4. The smallest absolute Gasteiger partial charge is 0.348 e. The van der Waals surface area contributed by atoms with Crippen molar-refractivity contribution in [3.05, 3.63) is 50.4 Å². The summed E-state index contributed by atoms with van der Waals surface area (Å²) in [6.07, 6.45) is 0. The van der Waals surface area contributed by atoms with E-state index in [0.29, 0.717) is 33.0 Å². The van der Waals surface area contributed by atoms with E-state index in [-0.39, 0.29) is 12.4 Å². The van der Waals surface area contributed by atoms with Gasteiger partial charge < -0.3 is 24.5 Å². The summed E-state index contributed by atoms with van der Waals surface area (Å²) in [7, 11) is 1.32. The number of aromatic nitrogens is 2. The molecule has 1 aromatic carbocycles. The minimum atomic E-state index is -0.464. The fourth-order valence-electron chi connectivity index (χ4n) is 3.25. The maximum absolute atomic E-state index is 12.6. The van der Waals surface area contributed by atoms with Crippen LogP contribution in [-0.4, -0.2) is 29.8 Å². The highest BCUT2D eigenvalue weighted by atomic mass is 32.1. The molecule has 1 aliphatic rings. The molecule has 1 aliphatic heterocycles. The fourth-order valence-corrected chi connectivity index (χ4v) is 4.37. The lowest BCUT2D eigenvalue weighted by atomic mass is 9.94. The molecular formula is C20H21N3O5S. The highest BCUT2D eigenvalue weighted by Gasteiger charge is 2.24. The Labute approximate surface area is 170 Å². The van der Waals surface area contributed by atoms with Crippen molar-refractivity contribution in [1.29, 1.82) is 0 Å². The molecule has 0 aliphatic carbocycles. The van der Waals surface area contributed by atoms with Crippen molar-refractivity contribution in [2.45, 2.75) is 32.9 Å². The van der Waals surface area contributed by atoms with Gasteiger partial charge in [-0.25, -0.2) is 9.78 Å². The second-order valence-corrected chi connectivity index (χ2v) is 8.29. The summed E-state index contributed by atoms with van der Waals surface area (Å²) in [5, 5.41) is 3.84. The van der Waals surface area contributed by atoms with E-state index < -0.39 is 11.5 Å². The zero-order valence-corrected chi connectivity index (χ0v) is 17.4. The number of thiophene rings is 1. The molecule has 0 saturated heterocycles. The molecule has 152 valence electrons. The highest BCUT2D eigenvalue weighted by molar-refractivity contribution is 7.20. The Morgan fingerprint density at radius 3 is 2.86 bits per heavy atom. The second-order valence-electron chi connectivity index (χ2n) is 7.29. The molecule has 4 rings (SSSR count). The Morgan fingerprint density at radius 2 is 2.10 bits per heavy atom. The normalized spacial score (nSPS) is 13.1. The number of fused-ring (bicyclic) bond motifs is 2. The lowest BCUT2D eigenvalue weighted by Gasteiger charge is -2.27. The molecule has 0 unspecified atom stereocenters. The van der Waals surface area contributed by atoms with Gasteiger partial charge in [0.05, 0.1) is 19.0 Å². The van der Waals surface area contributed by atoms with Crippen molar-refractivity contribution in [2.24, 2.45) is 0 Å². The zero-order chi connectivity index (χ0) is 20.8. The van der Waals surface area contributed by atoms with Crippen LogP contribution in [0.3, 0.4) is 0 Å². The Morgan fingerprint density at radius 1 is 1.34 bits per heavy atom. The van der Waals surface area contributed by atoms with E-state index in [2.05, 4.69) is 15.3 Å². The molecule has 0 bridgehead atoms. The standard InChI is InChI=1S/C20H21N3O5S/c1-10-15-17(24)22-14(23-18(15)29-16(10)19(25)26-4)8-21-20(2,3)11-5-6-12-13(7-11)28-9-27-12/h5-7,21H,8-9H2,1-4H3,(H,22,23,24). The van der Waals surface area contributed by atoms with Gasteiger partial charge in [-0.15, -0.1) is 11.3 Å². The van der Waals surface area contributed by atoms with Gasteiger partial charge in [-0.05, 0) is 44.0 Å². The third-order valence-electron chi connectivity index (χ3n) is 5.01. The monoisotopic (exact) mass is 415 g/mol. The van der Waals surface area contributed by atoms with Gasteiger partial charge in [0.15, 0.2) is 11.5 Å². The summed E-state index contributed by atoms with van der Waals surface area (Å²) in [6.45, 7) is 6.36. The van der Waals surface area contributed by atoms with Crippen LogP contribution in [-0.2, 0) is 16.8 Å². The van der Waals surface area contributed by atoms with Gasteiger partial charge >= 0.3 is 5.97 Å². The zero-order valence-electron chi connectivity index (χ0n) is 16.5. The predicted molar refractivity (Wildman–Crippen MR) is 109 cm³/mol. The van der Waals surface area contributed by atoms with Crippen LogP contribution in [0, 0.1) is 6.92 Å². The average molecular weight is 415 g/mol. The molecule has 3 aromatic rings. The Balaban J connectivity index is 1.59. The van der Waals surface area contributed by atoms with Crippen molar-refractivity contribution in [3.63, 3.8) is 0 Å². The van der Waals surface area contributed by atoms with Crippen LogP contribution in [0.4, 0.5) is 0 Å². The average Bonchev–Trinajstić information content (AvgIpc) is 3.29. The summed E-state index contributed by atoms with van der Waals surface area (Å²) in [5.41, 5.74) is 0.935. The number of aryl methyl sites for hydroxylation is 1. The summed E-state index contributed by atoms with van der Waals surface area (Å²) in [4.78, 5) is 32.7. The Hall–Kier alpha value is -2.91. The number of rotatable bonds is 5. The lowest BCUT2D eigenvalue weighted by Crippen LogP contribution is -2.36. The number of ether oxygens (including phenoxy) is 3. The summed E-state index contributed by atoms with van der Waals surface area (Å²) in [6, 6.07) is 5.81. The van der Waals surface area contributed by atoms with E-state index >= 15 is 0 Å². The van der Waals surface area contributed by atoms with Crippen LogP contribution < -0.4 is 20.3 Å². The summed E-state index contributed by atoms with van der Waals surface area (Å²) >= 11 is 1.16.